The number of thioether (sulfide) groups is 1. The van der Waals surface area contributed by atoms with Gasteiger partial charge >= 0.3 is 0 Å². The van der Waals surface area contributed by atoms with Crippen LogP contribution in [0.2, 0.25) is 0 Å². The Morgan fingerprint density at radius 3 is 2.32 bits per heavy atom. The van der Waals surface area contributed by atoms with Crippen molar-refractivity contribution in [2.75, 3.05) is 11.1 Å². The van der Waals surface area contributed by atoms with E-state index in [-0.39, 0.29) is 17.4 Å². The molecule has 0 unspecified atom stereocenters. The van der Waals surface area contributed by atoms with Gasteiger partial charge in [0.25, 0.3) is 0 Å². The second-order valence-electron chi connectivity index (χ2n) is 6.67. The van der Waals surface area contributed by atoms with Crippen LogP contribution in [0.25, 0.3) is 22.9 Å². The Hall–Kier alpha value is -3.72. The summed E-state index contributed by atoms with van der Waals surface area (Å²) < 4.78 is 10.9. The van der Waals surface area contributed by atoms with Crippen molar-refractivity contribution in [3.05, 3.63) is 66.1 Å². The molecule has 1 N–H and O–H groups in total. The van der Waals surface area contributed by atoms with Gasteiger partial charge in [-0.25, -0.2) is 4.98 Å². The van der Waals surface area contributed by atoms with Crippen molar-refractivity contribution in [1.82, 2.24) is 15.2 Å². The summed E-state index contributed by atoms with van der Waals surface area (Å²) in [4.78, 5) is 28.4. The number of hydrogen-bond acceptors (Lipinski definition) is 8. The number of nitrogens with zero attached hydrogens (tertiary/aromatic N) is 3. The Labute approximate surface area is 182 Å². The number of ketones is 1. The fraction of sp³-hybridized carbons (Fsp3) is 0.136. The zero-order valence-electron chi connectivity index (χ0n) is 16.8. The van der Waals surface area contributed by atoms with Crippen LogP contribution in [0.5, 0.6) is 0 Å². The molecule has 8 nitrogen and oxygen atoms in total. The molecule has 3 aromatic heterocycles. The summed E-state index contributed by atoms with van der Waals surface area (Å²) in [7, 11) is 0. The summed E-state index contributed by atoms with van der Waals surface area (Å²) in [5, 5.41) is 11.5. The van der Waals surface area contributed by atoms with Gasteiger partial charge in [-0.2, -0.15) is 0 Å². The van der Waals surface area contributed by atoms with Gasteiger partial charge in [0.05, 0.1) is 18.3 Å². The molecule has 0 saturated heterocycles. The molecule has 0 aliphatic heterocycles. The predicted molar refractivity (Wildman–Crippen MR) is 116 cm³/mol. The number of carbonyl (C=O) groups is 2. The smallest absolute Gasteiger partial charge is 0.221 e. The summed E-state index contributed by atoms with van der Waals surface area (Å²) in [6, 6.07) is 12.2. The lowest BCUT2D eigenvalue weighted by atomic mass is 10.1. The van der Waals surface area contributed by atoms with E-state index in [1.165, 1.54) is 18.7 Å². The monoisotopic (exact) mass is 434 g/mol. The SMILES string of the molecule is CC(=O)Nc1ccc(C(=O)CSc2nnc(-c3ccco3)c(-c3ccco3)n2)cc1C. The first-order chi connectivity index (χ1) is 15.0. The molecule has 156 valence electrons. The highest BCUT2D eigenvalue weighted by molar-refractivity contribution is 7.99. The van der Waals surface area contributed by atoms with Gasteiger partial charge in [-0.05, 0) is 55.0 Å². The molecule has 9 heteroatoms. The lowest BCUT2D eigenvalue weighted by Gasteiger charge is -2.08. The van der Waals surface area contributed by atoms with Gasteiger partial charge in [0.1, 0.15) is 5.69 Å². The first-order valence-electron chi connectivity index (χ1n) is 9.38. The number of furan rings is 2. The Bertz CT molecular complexity index is 1220. The number of amides is 1. The molecule has 0 atom stereocenters. The summed E-state index contributed by atoms with van der Waals surface area (Å²) in [5.74, 6) is 0.944. The fourth-order valence-electron chi connectivity index (χ4n) is 2.92. The van der Waals surface area contributed by atoms with Gasteiger partial charge in [0.15, 0.2) is 23.0 Å². The maximum absolute atomic E-state index is 12.7. The van der Waals surface area contributed by atoms with Crippen molar-refractivity contribution in [3.8, 4) is 22.9 Å². The molecule has 31 heavy (non-hydrogen) atoms. The fourth-order valence-corrected chi connectivity index (χ4v) is 3.60. The van der Waals surface area contributed by atoms with Crippen molar-refractivity contribution in [1.29, 1.82) is 0 Å². The van der Waals surface area contributed by atoms with Gasteiger partial charge in [-0.3, -0.25) is 9.59 Å². The Balaban J connectivity index is 1.52. The number of rotatable bonds is 7. The van der Waals surface area contributed by atoms with Gasteiger partial charge < -0.3 is 14.2 Å². The number of anilines is 1. The first kappa shape index (κ1) is 20.5. The lowest BCUT2D eigenvalue weighted by Crippen LogP contribution is -2.09. The molecule has 0 bridgehead atoms. The van der Waals surface area contributed by atoms with E-state index >= 15 is 0 Å². The molecular weight excluding hydrogens is 416 g/mol. The molecule has 0 fully saturated rings. The summed E-state index contributed by atoms with van der Waals surface area (Å²) in [5.41, 5.74) is 2.98. The van der Waals surface area contributed by atoms with Crippen LogP contribution in [-0.2, 0) is 4.79 Å². The maximum Gasteiger partial charge on any atom is 0.221 e. The van der Waals surface area contributed by atoms with Crippen LogP contribution in [0.1, 0.15) is 22.8 Å². The number of benzene rings is 1. The largest absolute Gasteiger partial charge is 0.463 e. The van der Waals surface area contributed by atoms with Crippen molar-refractivity contribution < 1.29 is 18.4 Å². The molecule has 0 aliphatic carbocycles. The number of nitrogens with one attached hydrogen (secondary N) is 1. The highest BCUT2D eigenvalue weighted by atomic mass is 32.2. The van der Waals surface area contributed by atoms with E-state index in [9.17, 15) is 9.59 Å². The number of aromatic nitrogens is 3. The molecule has 1 aromatic carbocycles. The number of hydrogen-bond donors (Lipinski definition) is 1. The topological polar surface area (TPSA) is 111 Å². The van der Waals surface area contributed by atoms with Crippen LogP contribution in [0, 0.1) is 6.92 Å². The molecule has 1 amide bonds. The van der Waals surface area contributed by atoms with Crippen LogP contribution in [0.4, 0.5) is 5.69 Å². The van der Waals surface area contributed by atoms with E-state index in [0.29, 0.717) is 39.3 Å². The second kappa shape index (κ2) is 8.97. The number of Topliss-reactive ketones (excluding diaryl/α,β-unsaturated/α-hetero) is 1. The summed E-state index contributed by atoms with van der Waals surface area (Å²) in [6.45, 7) is 3.28. The van der Waals surface area contributed by atoms with Crippen molar-refractivity contribution >= 4 is 29.1 Å². The maximum atomic E-state index is 12.7. The van der Waals surface area contributed by atoms with Gasteiger partial charge in [0.2, 0.25) is 11.1 Å². The van der Waals surface area contributed by atoms with Gasteiger partial charge in [0, 0.05) is 18.2 Å². The van der Waals surface area contributed by atoms with Crippen LogP contribution in [0.3, 0.4) is 0 Å². The molecule has 0 radical (unpaired) electrons. The zero-order valence-corrected chi connectivity index (χ0v) is 17.6. The number of carbonyl (C=O) groups excluding carboxylic acids is 2. The Kier molecular flexibility index (Phi) is 5.94. The van der Waals surface area contributed by atoms with E-state index in [1.807, 2.05) is 6.92 Å². The van der Waals surface area contributed by atoms with Gasteiger partial charge in [-0.1, -0.05) is 11.8 Å². The van der Waals surface area contributed by atoms with E-state index < -0.39 is 0 Å². The van der Waals surface area contributed by atoms with Crippen LogP contribution in [-0.4, -0.2) is 32.6 Å². The average molecular weight is 434 g/mol. The third-order valence-corrected chi connectivity index (χ3v) is 5.21. The minimum absolute atomic E-state index is 0.0827. The van der Waals surface area contributed by atoms with E-state index in [4.69, 9.17) is 8.83 Å². The van der Waals surface area contributed by atoms with E-state index in [1.54, 1.807) is 55.0 Å². The zero-order chi connectivity index (χ0) is 21.8. The molecule has 4 aromatic rings. The van der Waals surface area contributed by atoms with Crippen LogP contribution < -0.4 is 5.32 Å². The van der Waals surface area contributed by atoms with Crippen molar-refractivity contribution in [2.24, 2.45) is 0 Å². The third-order valence-electron chi connectivity index (χ3n) is 4.37. The quantitative estimate of drug-likeness (QED) is 0.331. The normalized spacial score (nSPS) is 10.8. The van der Waals surface area contributed by atoms with Crippen molar-refractivity contribution in [2.45, 2.75) is 19.0 Å². The second-order valence-corrected chi connectivity index (χ2v) is 7.61. The molecule has 0 spiro atoms. The third kappa shape index (κ3) is 4.72. The predicted octanol–water partition coefficient (Wildman–Crippen LogP) is 4.63. The van der Waals surface area contributed by atoms with Crippen LogP contribution >= 0.6 is 11.8 Å². The molecule has 3 heterocycles. The Morgan fingerprint density at radius 1 is 1.00 bits per heavy atom. The molecule has 4 rings (SSSR count). The van der Waals surface area contributed by atoms with E-state index in [0.717, 1.165) is 5.56 Å². The summed E-state index contributed by atoms with van der Waals surface area (Å²) >= 11 is 1.19. The van der Waals surface area contributed by atoms with E-state index in [2.05, 4.69) is 20.5 Å². The summed E-state index contributed by atoms with van der Waals surface area (Å²) in [6.07, 6.45) is 3.09. The average Bonchev–Trinajstić information content (AvgIpc) is 3.47. The lowest BCUT2D eigenvalue weighted by molar-refractivity contribution is -0.114. The standard InChI is InChI=1S/C22H18N4O4S/c1-13-11-15(7-8-16(13)23-14(2)27)17(28)12-31-22-24-20(18-5-3-9-29-18)21(25-26-22)19-6-4-10-30-19/h3-11H,12H2,1-2H3,(H,23,27). The number of aryl methyl sites for hydroxylation is 1. The minimum atomic E-state index is -0.160. The van der Waals surface area contributed by atoms with Crippen LogP contribution in [0.15, 0.2) is 69.0 Å². The molecule has 0 saturated carbocycles. The molecular formula is C22H18N4O4S. The first-order valence-corrected chi connectivity index (χ1v) is 10.4. The van der Waals surface area contributed by atoms with Crippen molar-refractivity contribution in [3.63, 3.8) is 0 Å². The highest BCUT2D eigenvalue weighted by Gasteiger charge is 2.18. The molecule has 0 aliphatic rings. The van der Waals surface area contributed by atoms with Gasteiger partial charge in [-0.15, -0.1) is 10.2 Å². The highest BCUT2D eigenvalue weighted by Crippen LogP contribution is 2.30. The Morgan fingerprint density at radius 2 is 1.71 bits per heavy atom. The minimum Gasteiger partial charge on any atom is -0.463 e.